The Morgan fingerprint density at radius 2 is 1.97 bits per heavy atom. The van der Waals surface area contributed by atoms with Crippen LogP contribution in [0.1, 0.15) is 50.1 Å². The van der Waals surface area contributed by atoms with Crippen molar-refractivity contribution in [1.29, 1.82) is 0 Å². The van der Waals surface area contributed by atoms with Gasteiger partial charge in [0, 0.05) is 29.3 Å². The number of unbranched alkanes of at least 4 members (excludes halogenated alkanes) is 1. The summed E-state index contributed by atoms with van der Waals surface area (Å²) in [7, 11) is 0. The van der Waals surface area contributed by atoms with Gasteiger partial charge >= 0.3 is 5.97 Å². The van der Waals surface area contributed by atoms with Crippen LogP contribution >= 0.6 is 0 Å². The summed E-state index contributed by atoms with van der Waals surface area (Å²) in [5.41, 5.74) is 8.03. The van der Waals surface area contributed by atoms with E-state index in [0.717, 1.165) is 47.8 Å². The molecule has 0 aliphatic carbocycles. The predicted molar refractivity (Wildman–Crippen MR) is 124 cm³/mol. The van der Waals surface area contributed by atoms with Gasteiger partial charge in [-0.3, -0.25) is 9.78 Å². The Balaban J connectivity index is 1.75. The molecule has 5 heteroatoms. The molecule has 4 rings (SSSR count). The van der Waals surface area contributed by atoms with E-state index in [-0.39, 0.29) is 5.97 Å². The van der Waals surface area contributed by atoms with Crippen LogP contribution in [-0.4, -0.2) is 27.2 Å². The number of esters is 1. The first kappa shape index (κ1) is 21.0. The third kappa shape index (κ3) is 4.31. The SMILES string of the molecule is CCOC(=O)CCCCc1c(C)nn2c(CC)ccc2c1-c1ccc2ncccc2c1. The van der Waals surface area contributed by atoms with Crippen LogP contribution in [-0.2, 0) is 22.4 Å². The average molecular weight is 416 g/mol. The molecule has 3 aromatic heterocycles. The maximum atomic E-state index is 11.7. The highest BCUT2D eigenvalue weighted by atomic mass is 16.5. The van der Waals surface area contributed by atoms with Crippen molar-refractivity contribution in [1.82, 2.24) is 14.6 Å². The van der Waals surface area contributed by atoms with Crippen LogP contribution < -0.4 is 0 Å². The van der Waals surface area contributed by atoms with Crippen molar-refractivity contribution >= 4 is 22.4 Å². The molecule has 0 saturated carbocycles. The maximum Gasteiger partial charge on any atom is 0.305 e. The van der Waals surface area contributed by atoms with Gasteiger partial charge in [0.25, 0.3) is 0 Å². The number of carbonyl (C=O) groups excluding carboxylic acids is 1. The molecule has 0 amide bonds. The number of fused-ring (bicyclic) bond motifs is 2. The van der Waals surface area contributed by atoms with Gasteiger partial charge in [0.05, 0.1) is 23.3 Å². The van der Waals surface area contributed by atoms with E-state index >= 15 is 0 Å². The van der Waals surface area contributed by atoms with Crippen LogP contribution in [0.5, 0.6) is 0 Å². The number of aryl methyl sites for hydroxylation is 2. The number of rotatable bonds is 8. The quantitative estimate of drug-likeness (QED) is 0.274. The molecule has 0 fully saturated rings. The number of ether oxygens (including phenoxy) is 1. The highest BCUT2D eigenvalue weighted by Gasteiger charge is 2.17. The fraction of sp³-hybridized carbons (Fsp3) is 0.346. The summed E-state index contributed by atoms with van der Waals surface area (Å²) < 4.78 is 7.15. The van der Waals surface area contributed by atoms with Crippen molar-refractivity contribution in [2.24, 2.45) is 0 Å². The summed E-state index contributed by atoms with van der Waals surface area (Å²) in [6.45, 7) is 6.53. The Labute approximate surface area is 183 Å². The van der Waals surface area contributed by atoms with Gasteiger partial charge in [0.15, 0.2) is 0 Å². The van der Waals surface area contributed by atoms with Gasteiger partial charge in [-0.25, -0.2) is 4.52 Å². The molecule has 4 aromatic rings. The van der Waals surface area contributed by atoms with Gasteiger partial charge in [0.2, 0.25) is 0 Å². The van der Waals surface area contributed by atoms with Gasteiger partial charge in [-0.1, -0.05) is 19.1 Å². The zero-order chi connectivity index (χ0) is 21.8. The minimum atomic E-state index is -0.116. The van der Waals surface area contributed by atoms with Crippen molar-refractivity contribution in [2.45, 2.75) is 52.9 Å². The fourth-order valence-electron chi connectivity index (χ4n) is 4.26. The van der Waals surface area contributed by atoms with Gasteiger partial charge in [-0.15, -0.1) is 0 Å². The zero-order valence-electron chi connectivity index (χ0n) is 18.5. The van der Waals surface area contributed by atoms with Crippen LogP contribution in [0.15, 0.2) is 48.7 Å². The molecule has 3 heterocycles. The largest absolute Gasteiger partial charge is 0.466 e. The van der Waals surface area contributed by atoms with Crippen molar-refractivity contribution in [3.63, 3.8) is 0 Å². The van der Waals surface area contributed by atoms with Crippen molar-refractivity contribution in [3.8, 4) is 11.1 Å². The molecule has 160 valence electrons. The summed E-state index contributed by atoms with van der Waals surface area (Å²) in [5.74, 6) is -0.116. The Kier molecular flexibility index (Phi) is 6.31. The van der Waals surface area contributed by atoms with Crippen molar-refractivity contribution in [2.75, 3.05) is 6.61 Å². The molecule has 0 spiro atoms. The number of nitrogens with zero attached hydrogens (tertiary/aromatic N) is 3. The van der Waals surface area contributed by atoms with E-state index in [9.17, 15) is 4.79 Å². The normalized spacial score (nSPS) is 11.3. The Morgan fingerprint density at radius 1 is 1.10 bits per heavy atom. The summed E-state index contributed by atoms with van der Waals surface area (Å²) in [4.78, 5) is 16.2. The van der Waals surface area contributed by atoms with Crippen LogP contribution in [0.4, 0.5) is 0 Å². The number of benzene rings is 1. The van der Waals surface area contributed by atoms with Gasteiger partial charge in [-0.05, 0) is 81.0 Å². The first-order valence-corrected chi connectivity index (χ1v) is 11.1. The predicted octanol–water partition coefficient (Wildman–Crippen LogP) is 5.70. The second-order valence-corrected chi connectivity index (χ2v) is 7.84. The van der Waals surface area contributed by atoms with Gasteiger partial charge in [0.1, 0.15) is 0 Å². The number of pyridine rings is 1. The Hall–Kier alpha value is -3.21. The minimum absolute atomic E-state index is 0.116. The van der Waals surface area contributed by atoms with Crippen LogP contribution in [0.25, 0.3) is 27.5 Å². The molecule has 0 radical (unpaired) electrons. The summed E-state index contributed by atoms with van der Waals surface area (Å²) in [6, 6.07) is 14.9. The monoisotopic (exact) mass is 415 g/mol. The number of hydrogen-bond donors (Lipinski definition) is 0. The topological polar surface area (TPSA) is 56.5 Å². The molecule has 0 aliphatic heterocycles. The molecule has 0 bridgehead atoms. The number of aromatic nitrogens is 3. The van der Waals surface area contributed by atoms with E-state index in [1.807, 2.05) is 19.2 Å². The fourth-order valence-corrected chi connectivity index (χ4v) is 4.26. The first-order chi connectivity index (χ1) is 15.1. The molecule has 0 saturated heterocycles. The number of hydrogen-bond acceptors (Lipinski definition) is 4. The van der Waals surface area contributed by atoms with E-state index in [4.69, 9.17) is 9.84 Å². The number of carbonyl (C=O) groups is 1. The van der Waals surface area contributed by atoms with Gasteiger partial charge < -0.3 is 4.74 Å². The lowest BCUT2D eigenvalue weighted by molar-refractivity contribution is -0.143. The summed E-state index contributed by atoms with van der Waals surface area (Å²) >= 11 is 0. The van der Waals surface area contributed by atoms with Crippen molar-refractivity contribution < 1.29 is 9.53 Å². The Morgan fingerprint density at radius 3 is 2.77 bits per heavy atom. The van der Waals surface area contributed by atoms with Gasteiger partial charge in [-0.2, -0.15) is 5.10 Å². The lowest BCUT2D eigenvalue weighted by Gasteiger charge is -2.16. The maximum absolute atomic E-state index is 11.7. The zero-order valence-corrected chi connectivity index (χ0v) is 18.5. The van der Waals surface area contributed by atoms with E-state index in [1.165, 1.54) is 22.4 Å². The smallest absolute Gasteiger partial charge is 0.305 e. The average Bonchev–Trinajstić information content (AvgIpc) is 3.18. The molecule has 0 unspecified atom stereocenters. The van der Waals surface area contributed by atoms with Crippen molar-refractivity contribution in [3.05, 3.63) is 65.6 Å². The second kappa shape index (κ2) is 9.29. The Bertz CT molecular complexity index is 1230. The molecule has 5 nitrogen and oxygen atoms in total. The molecular formula is C26H29N3O2. The first-order valence-electron chi connectivity index (χ1n) is 11.1. The molecule has 0 atom stereocenters. The third-order valence-corrected chi connectivity index (χ3v) is 5.80. The third-order valence-electron chi connectivity index (χ3n) is 5.80. The molecule has 31 heavy (non-hydrogen) atoms. The molecule has 1 aromatic carbocycles. The highest BCUT2D eigenvalue weighted by molar-refractivity contribution is 5.90. The van der Waals surface area contributed by atoms with Crippen LogP contribution in [0.3, 0.4) is 0 Å². The lowest BCUT2D eigenvalue weighted by atomic mass is 9.94. The standard InChI is InChI=1S/C26H29N3O2/c1-4-21-13-15-24-26(20-12-14-23-19(17-20)9-8-16-27-23)22(18(3)28-29(21)24)10-6-7-11-25(30)31-5-2/h8-9,12-17H,4-7,10-11H2,1-3H3. The summed E-state index contributed by atoms with van der Waals surface area (Å²) in [5, 5.41) is 6.04. The highest BCUT2D eigenvalue weighted by Crippen LogP contribution is 2.34. The molecule has 0 N–H and O–H groups in total. The lowest BCUT2D eigenvalue weighted by Crippen LogP contribution is -2.07. The van der Waals surface area contributed by atoms with Crippen LogP contribution in [0, 0.1) is 6.92 Å². The van der Waals surface area contributed by atoms with E-state index in [0.29, 0.717) is 13.0 Å². The second-order valence-electron chi connectivity index (χ2n) is 7.84. The van der Waals surface area contributed by atoms with E-state index < -0.39 is 0 Å². The molecular weight excluding hydrogens is 386 g/mol. The van der Waals surface area contributed by atoms with E-state index in [1.54, 1.807) is 0 Å². The minimum Gasteiger partial charge on any atom is -0.466 e. The van der Waals surface area contributed by atoms with Crippen LogP contribution in [0.2, 0.25) is 0 Å². The molecule has 0 aliphatic rings. The summed E-state index contributed by atoms with van der Waals surface area (Å²) in [6.07, 6.45) is 5.83. The van der Waals surface area contributed by atoms with E-state index in [2.05, 4.69) is 59.7 Å².